The zero-order chi connectivity index (χ0) is 16.3. The lowest BCUT2D eigenvalue weighted by molar-refractivity contribution is 0.0951. The van der Waals surface area contributed by atoms with Gasteiger partial charge in [0.25, 0.3) is 5.91 Å². The quantitative estimate of drug-likeness (QED) is 0.879. The number of hydrogen-bond donors (Lipinski definition) is 2. The Morgan fingerprint density at radius 3 is 2.32 bits per heavy atom. The summed E-state index contributed by atoms with van der Waals surface area (Å²) in [5.41, 5.74) is 0.995. The van der Waals surface area contributed by atoms with E-state index in [9.17, 15) is 13.2 Å². The molecule has 116 valence electrons. The molecule has 0 aliphatic heterocycles. The van der Waals surface area contributed by atoms with Gasteiger partial charge in [-0.3, -0.25) is 4.79 Å². The molecular weight excluding hydrogens is 347 g/mol. The van der Waals surface area contributed by atoms with Crippen molar-refractivity contribution in [2.45, 2.75) is 11.4 Å². The fourth-order valence-corrected chi connectivity index (χ4v) is 2.64. The number of carbonyl (C=O) groups is 1. The molecule has 8 heteroatoms. The molecule has 2 aromatic rings. The molecule has 0 radical (unpaired) electrons. The Morgan fingerprint density at radius 2 is 1.73 bits per heavy atom. The molecule has 0 aromatic heterocycles. The summed E-state index contributed by atoms with van der Waals surface area (Å²) >= 11 is 11.8. The molecule has 2 rings (SSSR count). The summed E-state index contributed by atoms with van der Waals surface area (Å²) < 4.78 is 22.3. The predicted octanol–water partition coefficient (Wildman–Crippen LogP) is 2.57. The van der Waals surface area contributed by atoms with E-state index in [2.05, 4.69) is 5.32 Å². The second-order valence-corrected chi connectivity index (χ2v) is 6.90. The highest BCUT2D eigenvalue weighted by Crippen LogP contribution is 2.20. The molecule has 0 aliphatic carbocycles. The van der Waals surface area contributed by atoms with Crippen LogP contribution < -0.4 is 10.5 Å². The van der Waals surface area contributed by atoms with Crippen molar-refractivity contribution < 1.29 is 13.2 Å². The van der Waals surface area contributed by atoms with Gasteiger partial charge in [0.05, 0.1) is 15.5 Å². The van der Waals surface area contributed by atoms with Crippen molar-refractivity contribution in [2.24, 2.45) is 5.14 Å². The van der Waals surface area contributed by atoms with Gasteiger partial charge in [-0.1, -0.05) is 35.3 Å². The van der Waals surface area contributed by atoms with Gasteiger partial charge in [-0.2, -0.15) is 0 Å². The molecule has 0 spiro atoms. The maximum Gasteiger partial charge on any atom is 0.253 e. The Labute approximate surface area is 138 Å². The Bertz CT molecular complexity index is 805. The first-order valence-corrected chi connectivity index (χ1v) is 8.42. The first-order valence-electron chi connectivity index (χ1n) is 6.12. The van der Waals surface area contributed by atoms with Crippen molar-refractivity contribution in [3.63, 3.8) is 0 Å². The normalized spacial score (nSPS) is 11.2. The van der Waals surface area contributed by atoms with Gasteiger partial charge < -0.3 is 5.32 Å². The Balaban J connectivity index is 2.07. The van der Waals surface area contributed by atoms with Crippen LogP contribution in [0.2, 0.25) is 10.0 Å². The summed E-state index contributed by atoms with van der Waals surface area (Å²) in [4.78, 5) is 12.1. The van der Waals surface area contributed by atoms with E-state index in [0.29, 0.717) is 10.0 Å². The lowest BCUT2D eigenvalue weighted by Crippen LogP contribution is -2.23. The summed E-state index contributed by atoms with van der Waals surface area (Å²) in [5, 5.41) is 8.40. The Hall–Kier alpha value is -1.60. The number of nitrogens with one attached hydrogen (secondary N) is 1. The first-order chi connectivity index (χ1) is 10.3. The van der Waals surface area contributed by atoms with Gasteiger partial charge in [0.2, 0.25) is 10.0 Å². The standard InChI is InChI=1S/C14H12Cl2N2O3S/c15-10-3-6-13(16)12(7-10)14(19)18-8-9-1-4-11(5-2-9)22(17,20)21/h1-7H,8H2,(H,18,19)(H2,17,20,21). The van der Waals surface area contributed by atoms with Crippen molar-refractivity contribution in [1.29, 1.82) is 0 Å². The Kier molecular flexibility index (Phi) is 5.08. The van der Waals surface area contributed by atoms with E-state index in [0.717, 1.165) is 5.56 Å². The predicted molar refractivity (Wildman–Crippen MR) is 85.4 cm³/mol. The fourth-order valence-electron chi connectivity index (χ4n) is 1.75. The third-order valence-electron chi connectivity index (χ3n) is 2.88. The molecule has 5 nitrogen and oxygen atoms in total. The molecule has 0 saturated heterocycles. The number of primary sulfonamides is 1. The number of sulfonamides is 1. The monoisotopic (exact) mass is 358 g/mol. The minimum absolute atomic E-state index is 0.0143. The largest absolute Gasteiger partial charge is 0.348 e. The summed E-state index contributed by atoms with van der Waals surface area (Å²) in [5.74, 6) is -0.372. The lowest BCUT2D eigenvalue weighted by Gasteiger charge is -2.08. The van der Waals surface area contributed by atoms with E-state index in [-0.39, 0.29) is 22.9 Å². The topological polar surface area (TPSA) is 89.3 Å². The summed E-state index contributed by atoms with van der Waals surface area (Å²) in [6.45, 7) is 0.215. The molecule has 2 aromatic carbocycles. The van der Waals surface area contributed by atoms with E-state index in [1.165, 1.54) is 18.2 Å². The molecule has 22 heavy (non-hydrogen) atoms. The summed E-state index contributed by atoms with van der Waals surface area (Å²) in [6.07, 6.45) is 0. The molecule has 0 heterocycles. The van der Waals surface area contributed by atoms with Crippen LogP contribution in [0.15, 0.2) is 47.4 Å². The van der Waals surface area contributed by atoms with E-state index in [1.54, 1.807) is 24.3 Å². The molecule has 3 N–H and O–H groups in total. The maximum atomic E-state index is 12.0. The summed E-state index contributed by atoms with van der Waals surface area (Å²) in [6, 6.07) is 10.5. The van der Waals surface area contributed by atoms with E-state index in [1.807, 2.05) is 0 Å². The van der Waals surface area contributed by atoms with Crippen LogP contribution in [0.25, 0.3) is 0 Å². The number of benzene rings is 2. The van der Waals surface area contributed by atoms with Crippen LogP contribution in [0, 0.1) is 0 Å². The van der Waals surface area contributed by atoms with Crippen molar-refractivity contribution in [2.75, 3.05) is 0 Å². The lowest BCUT2D eigenvalue weighted by atomic mass is 10.2. The maximum absolute atomic E-state index is 12.0. The Morgan fingerprint density at radius 1 is 1.09 bits per heavy atom. The van der Waals surface area contributed by atoms with Crippen LogP contribution in [-0.4, -0.2) is 14.3 Å². The van der Waals surface area contributed by atoms with Crippen molar-refractivity contribution in [1.82, 2.24) is 5.32 Å². The van der Waals surface area contributed by atoms with Gasteiger partial charge in [0.1, 0.15) is 0 Å². The minimum atomic E-state index is -3.72. The zero-order valence-electron chi connectivity index (χ0n) is 11.2. The van der Waals surface area contributed by atoms with Crippen LogP contribution in [0.3, 0.4) is 0 Å². The van der Waals surface area contributed by atoms with Crippen LogP contribution >= 0.6 is 23.2 Å². The fraction of sp³-hybridized carbons (Fsp3) is 0.0714. The molecule has 0 aliphatic rings. The highest BCUT2D eigenvalue weighted by atomic mass is 35.5. The molecular formula is C14H12Cl2N2O3S. The number of halogens is 2. The number of nitrogens with two attached hydrogens (primary N) is 1. The van der Waals surface area contributed by atoms with Crippen LogP contribution in [-0.2, 0) is 16.6 Å². The third-order valence-corrected chi connectivity index (χ3v) is 4.37. The molecule has 0 bridgehead atoms. The van der Waals surface area contributed by atoms with Gasteiger partial charge in [-0.05, 0) is 35.9 Å². The second kappa shape index (κ2) is 6.66. The van der Waals surface area contributed by atoms with Gasteiger partial charge in [0, 0.05) is 11.6 Å². The number of rotatable bonds is 4. The second-order valence-electron chi connectivity index (χ2n) is 4.50. The first kappa shape index (κ1) is 16.8. The number of amides is 1. The third kappa shape index (κ3) is 4.20. The van der Waals surface area contributed by atoms with Crippen LogP contribution in [0.4, 0.5) is 0 Å². The van der Waals surface area contributed by atoms with Crippen LogP contribution in [0.1, 0.15) is 15.9 Å². The molecule has 0 atom stereocenters. The SMILES string of the molecule is NS(=O)(=O)c1ccc(CNC(=O)c2cc(Cl)ccc2Cl)cc1. The van der Waals surface area contributed by atoms with Crippen LogP contribution in [0.5, 0.6) is 0 Å². The minimum Gasteiger partial charge on any atom is -0.348 e. The molecule has 0 unspecified atom stereocenters. The van der Waals surface area contributed by atoms with E-state index in [4.69, 9.17) is 28.3 Å². The number of hydrogen-bond acceptors (Lipinski definition) is 3. The van der Waals surface area contributed by atoms with Gasteiger partial charge in [0.15, 0.2) is 0 Å². The summed E-state index contributed by atoms with van der Waals surface area (Å²) in [7, 11) is -3.72. The number of carbonyl (C=O) groups excluding carboxylic acids is 1. The molecule has 1 amide bonds. The average molecular weight is 359 g/mol. The average Bonchev–Trinajstić information content (AvgIpc) is 2.47. The smallest absolute Gasteiger partial charge is 0.253 e. The van der Waals surface area contributed by atoms with Crippen molar-refractivity contribution >= 4 is 39.1 Å². The van der Waals surface area contributed by atoms with Gasteiger partial charge >= 0.3 is 0 Å². The van der Waals surface area contributed by atoms with Gasteiger partial charge in [-0.15, -0.1) is 0 Å². The highest BCUT2D eigenvalue weighted by Gasteiger charge is 2.11. The van der Waals surface area contributed by atoms with Gasteiger partial charge in [-0.25, -0.2) is 13.6 Å². The highest BCUT2D eigenvalue weighted by molar-refractivity contribution is 7.89. The molecule has 0 saturated carbocycles. The zero-order valence-corrected chi connectivity index (χ0v) is 13.5. The van der Waals surface area contributed by atoms with Crippen molar-refractivity contribution in [3.05, 3.63) is 63.6 Å². The van der Waals surface area contributed by atoms with Crippen molar-refractivity contribution in [3.8, 4) is 0 Å². The molecule has 0 fully saturated rings. The van der Waals surface area contributed by atoms with E-state index < -0.39 is 10.0 Å². The van der Waals surface area contributed by atoms with E-state index >= 15 is 0 Å².